The number of halogens is 1. The minimum atomic E-state index is 0.795. The highest BCUT2D eigenvalue weighted by Gasteiger charge is 2.13. The fraction of sp³-hybridized carbons (Fsp3) is 0.167. The summed E-state index contributed by atoms with van der Waals surface area (Å²) in [4.78, 5) is 8.96. The molecule has 16 heavy (non-hydrogen) atoms. The van der Waals surface area contributed by atoms with Crippen LogP contribution in [0.4, 0.5) is 0 Å². The van der Waals surface area contributed by atoms with Crippen molar-refractivity contribution in [2.24, 2.45) is 0 Å². The van der Waals surface area contributed by atoms with Gasteiger partial charge in [0.25, 0.3) is 0 Å². The molecule has 0 bridgehead atoms. The van der Waals surface area contributed by atoms with Crippen LogP contribution >= 0.6 is 15.9 Å². The van der Waals surface area contributed by atoms with Crippen LogP contribution in [-0.4, -0.2) is 9.97 Å². The molecule has 1 aromatic carbocycles. The summed E-state index contributed by atoms with van der Waals surface area (Å²) in [5.41, 5.74) is 3.37. The van der Waals surface area contributed by atoms with E-state index in [1.165, 1.54) is 5.56 Å². The Kier molecular flexibility index (Phi) is 2.46. The molecule has 0 saturated heterocycles. The molecule has 3 nitrogen and oxygen atoms in total. The molecule has 1 aliphatic rings. The molecule has 1 aromatic heterocycles. The van der Waals surface area contributed by atoms with Crippen LogP contribution < -0.4 is 5.32 Å². The topological polar surface area (TPSA) is 37.8 Å². The highest BCUT2D eigenvalue weighted by Crippen LogP contribution is 2.21. The Hall–Kier alpha value is -1.26. The molecule has 2 heterocycles. The smallest absolute Gasteiger partial charge is 0.159 e. The van der Waals surface area contributed by atoms with Crippen LogP contribution in [0.1, 0.15) is 11.3 Å². The lowest BCUT2D eigenvalue weighted by molar-refractivity contribution is 0.758. The summed E-state index contributed by atoms with van der Waals surface area (Å²) >= 11 is 3.45. The molecular weight excluding hydrogens is 266 g/mol. The van der Waals surface area contributed by atoms with Gasteiger partial charge < -0.3 is 5.32 Å². The summed E-state index contributed by atoms with van der Waals surface area (Å²) in [6.45, 7) is 1.73. The van der Waals surface area contributed by atoms with Gasteiger partial charge in [0.1, 0.15) is 0 Å². The number of fused-ring (bicyclic) bond motifs is 1. The van der Waals surface area contributed by atoms with Crippen molar-refractivity contribution in [2.75, 3.05) is 0 Å². The molecule has 2 aromatic rings. The third-order valence-electron chi connectivity index (χ3n) is 2.64. The minimum Gasteiger partial charge on any atom is -0.307 e. The van der Waals surface area contributed by atoms with E-state index in [9.17, 15) is 0 Å². The molecule has 0 saturated carbocycles. The molecule has 0 spiro atoms. The van der Waals surface area contributed by atoms with Crippen LogP contribution in [-0.2, 0) is 13.1 Å². The Morgan fingerprint density at radius 1 is 1.25 bits per heavy atom. The van der Waals surface area contributed by atoms with Crippen LogP contribution in [0.2, 0.25) is 0 Å². The van der Waals surface area contributed by atoms with E-state index in [0.717, 1.165) is 34.6 Å². The lowest BCUT2D eigenvalue weighted by atomic mass is 10.2. The van der Waals surface area contributed by atoms with Crippen LogP contribution in [0.3, 0.4) is 0 Å². The zero-order valence-electron chi connectivity index (χ0n) is 8.57. The maximum absolute atomic E-state index is 4.57. The van der Waals surface area contributed by atoms with Crippen molar-refractivity contribution in [2.45, 2.75) is 13.1 Å². The second-order valence-electron chi connectivity index (χ2n) is 3.78. The molecule has 3 rings (SSSR count). The SMILES string of the molecule is Brc1cccc(-c2ncc3c(n2)CNC3)c1. The van der Waals surface area contributed by atoms with E-state index >= 15 is 0 Å². The Morgan fingerprint density at radius 2 is 2.19 bits per heavy atom. The second-order valence-corrected chi connectivity index (χ2v) is 4.70. The predicted octanol–water partition coefficient (Wildman–Crippen LogP) is 2.51. The first-order valence-corrected chi connectivity index (χ1v) is 5.94. The van der Waals surface area contributed by atoms with Crippen LogP contribution in [0.5, 0.6) is 0 Å². The molecule has 1 aliphatic heterocycles. The van der Waals surface area contributed by atoms with Gasteiger partial charge in [0.05, 0.1) is 5.69 Å². The number of aromatic nitrogens is 2. The number of nitrogens with one attached hydrogen (secondary N) is 1. The van der Waals surface area contributed by atoms with E-state index in [1.54, 1.807) is 0 Å². The van der Waals surface area contributed by atoms with Gasteiger partial charge in [0.15, 0.2) is 5.82 Å². The Morgan fingerprint density at radius 3 is 3.06 bits per heavy atom. The van der Waals surface area contributed by atoms with Gasteiger partial charge in [0, 0.05) is 34.9 Å². The maximum Gasteiger partial charge on any atom is 0.159 e. The molecule has 0 aliphatic carbocycles. The Labute approximate surface area is 102 Å². The van der Waals surface area contributed by atoms with E-state index < -0.39 is 0 Å². The van der Waals surface area contributed by atoms with Gasteiger partial charge >= 0.3 is 0 Å². The largest absolute Gasteiger partial charge is 0.307 e. The third kappa shape index (κ3) is 1.74. The van der Waals surface area contributed by atoms with Gasteiger partial charge in [0.2, 0.25) is 0 Å². The predicted molar refractivity (Wildman–Crippen MR) is 65.7 cm³/mol. The summed E-state index contributed by atoms with van der Waals surface area (Å²) in [5, 5.41) is 3.27. The second kappa shape index (κ2) is 3.96. The molecule has 0 atom stereocenters. The molecule has 0 amide bonds. The first-order valence-electron chi connectivity index (χ1n) is 5.14. The van der Waals surface area contributed by atoms with E-state index in [4.69, 9.17) is 0 Å². The van der Waals surface area contributed by atoms with Crippen molar-refractivity contribution in [3.63, 3.8) is 0 Å². The van der Waals surface area contributed by atoms with Gasteiger partial charge in [-0.05, 0) is 12.1 Å². The van der Waals surface area contributed by atoms with Gasteiger partial charge in [-0.2, -0.15) is 0 Å². The number of hydrogen-bond donors (Lipinski definition) is 1. The maximum atomic E-state index is 4.57. The van der Waals surface area contributed by atoms with E-state index in [2.05, 4.69) is 31.2 Å². The fourth-order valence-electron chi connectivity index (χ4n) is 1.83. The molecule has 4 heteroatoms. The molecule has 0 unspecified atom stereocenters. The van der Waals surface area contributed by atoms with Gasteiger partial charge in [-0.3, -0.25) is 0 Å². The first kappa shape index (κ1) is 9.93. The number of nitrogens with zero attached hydrogens (tertiary/aromatic N) is 2. The zero-order valence-corrected chi connectivity index (χ0v) is 10.2. The summed E-state index contributed by atoms with van der Waals surface area (Å²) < 4.78 is 1.05. The lowest BCUT2D eigenvalue weighted by Gasteiger charge is -2.02. The van der Waals surface area contributed by atoms with Gasteiger partial charge in [-0.25, -0.2) is 9.97 Å². The summed E-state index contributed by atoms with van der Waals surface area (Å²) in [6, 6.07) is 8.05. The van der Waals surface area contributed by atoms with Crippen molar-refractivity contribution in [1.29, 1.82) is 0 Å². The normalized spacial score (nSPS) is 13.8. The average molecular weight is 276 g/mol. The quantitative estimate of drug-likeness (QED) is 0.869. The monoisotopic (exact) mass is 275 g/mol. The van der Waals surface area contributed by atoms with Crippen LogP contribution in [0, 0.1) is 0 Å². The van der Waals surface area contributed by atoms with Crippen molar-refractivity contribution in [1.82, 2.24) is 15.3 Å². The first-order chi connectivity index (χ1) is 7.83. The molecule has 0 radical (unpaired) electrons. The van der Waals surface area contributed by atoms with Crippen molar-refractivity contribution < 1.29 is 0 Å². The third-order valence-corrected chi connectivity index (χ3v) is 3.14. The van der Waals surface area contributed by atoms with Crippen molar-refractivity contribution >= 4 is 15.9 Å². The van der Waals surface area contributed by atoms with Crippen molar-refractivity contribution in [3.8, 4) is 11.4 Å². The van der Waals surface area contributed by atoms with Crippen LogP contribution in [0.15, 0.2) is 34.9 Å². The summed E-state index contributed by atoms with van der Waals surface area (Å²) in [5.74, 6) is 0.795. The van der Waals surface area contributed by atoms with Crippen molar-refractivity contribution in [3.05, 3.63) is 46.2 Å². The highest BCUT2D eigenvalue weighted by atomic mass is 79.9. The Balaban J connectivity index is 2.07. The average Bonchev–Trinajstić information content (AvgIpc) is 2.75. The highest BCUT2D eigenvalue weighted by molar-refractivity contribution is 9.10. The molecule has 0 fully saturated rings. The lowest BCUT2D eigenvalue weighted by Crippen LogP contribution is -2.00. The summed E-state index contributed by atoms with van der Waals surface area (Å²) in [7, 11) is 0. The molecule has 80 valence electrons. The van der Waals surface area contributed by atoms with E-state index in [-0.39, 0.29) is 0 Å². The van der Waals surface area contributed by atoms with Crippen LogP contribution in [0.25, 0.3) is 11.4 Å². The minimum absolute atomic E-state index is 0.795. The fourth-order valence-corrected chi connectivity index (χ4v) is 2.22. The Bertz CT molecular complexity index is 540. The number of benzene rings is 1. The number of hydrogen-bond acceptors (Lipinski definition) is 3. The summed E-state index contributed by atoms with van der Waals surface area (Å²) in [6.07, 6.45) is 1.92. The standard InChI is InChI=1S/C12H10BrN3/c13-10-3-1-2-8(4-10)12-15-6-9-5-14-7-11(9)16-12/h1-4,6,14H,5,7H2. The molecular formula is C12H10BrN3. The zero-order chi connectivity index (χ0) is 11.0. The molecule has 1 N–H and O–H groups in total. The van der Waals surface area contributed by atoms with E-state index in [1.807, 2.05) is 30.5 Å². The van der Waals surface area contributed by atoms with Gasteiger partial charge in [-0.1, -0.05) is 28.1 Å². The number of rotatable bonds is 1. The van der Waals surface area contributed by atoms with Gasteiger partial charge in [-0.15, -0.1) is 0 Å². The van der Waals surface area contributed by atoms with E-state index in [0.29, 0.717) is 0 Å².